The Balaban J connectivity index is 1.79. The van der Waals surface area contributed by atoms with Gasteiger partial charge in [0.05, 0.1) is 4.91 Å². The van der Waals surface area contributed by atoms with E-state index in [-0.39, 0.29) is 29.0 Å². The number of rotatable bonds is 4. The molecule has 2 N–H and O–H groups in total. The van der Waals surface area contributed by atoms with Gasteiger partial charge in [0.1, 0.15) is 12.3 Å². The second-order valence-electron chi connectivity index (χ2n) is 6.43. The highest BCUT2D eigenvalue weighted by Crippen LogP contribution is 2.28. The van der Waals surface area contributed by atoms with Gasteiger partial charge in [0.2, 0.25) is 10.0 Å². The first-order valence-electron chi connectivity index (χ1n) is 8.28. The number of hydrogen-bond donors (Lipinski definition) is 2. The summed E-state index contributed by atoms with van der Waals surface area (Å²) in [4.78, 5) is 12.1. The molecule has 0 bridgehead atoms. The quantitative estimate of drug-likeness (QED) is 0.576. The fraction of sp³-hybridized carbons (Fsp3) is 0.353. The van der Waals surface area contributed by atoms with Crippen molar-refractivity contribution in [2.45, 2.75) is 25.1 Å². The Kier molecular flexibility index (Phi) is 5.60. The number of halogens is 4. The molecule has 152 valence electrons. The Bertz CT molecular complexity index is 944. The van der Waals surface area contributed by atoms with Gasteiger partial charge in [-0.25, -0.2) is 26.0 Å². The van der Waals surface area contributed by atoms with Crippen molar-refractivity contribution in [2.75, 3.05) is 18.4 Å². The Labute approximate surface area is 158 Å². The van der Waals surface area contributed by atoms with Crippen molar-refractivity contribution in [1.29, 1.82) is 0 Å². The van der Waals surface area contributed by atoms with Crippen LogP contribution in [0.2, 0.25) is 0 Å². The molecule has 3 rings (SSSR count). The van der Waals surface area contributed by atoms with Crippen LogP contribution in [0.3, 0.4) is 0 Å². The number of nitrogens with zero attached hydrogens (tertiary/aromatic N) is 1. The molecule has 1 heterocycles. The number of sulfonamides is 1. The van der Waals surface area contributed by atoms with Crippen molar-refractivity contribution in [1.82, 2.24) is 4.31 Å². The van der Waals surface area contributed by atoms with Crippen LogP contribution in [0.5, 0.6) is 0 Å². The summed E-state index contributed by atoms with van der Waals surface area (Å²) in [7, 11) is -4.12. The first-order chi connectivity index (χ1) is 13.1. The number of allylic oxidation sites excluding steroid dienone is 2. The number of nitrogens with one attached hydrogen (secondary N) is 1. The summed E-state index contributed by atoms with van der Waals surface area (Å²) in [6.45, 7) is -0.894. The summed E-state index contributed by atoms with van der Waals surface area (Å²) < 4.78 is 79.0. The first kappa shape index (κ1) is 20.5. The summed E-state index contributed by atoms with van der Waals surface area (Å²) in [5, 5.41) is 11.6. The standard InChI is InChI=1S/C17H16F4N2O4S/c18-12-5-10(6-13(19)16(12)21)22-17(25)9-2-1-3-11(4-9)28(26,27)23-7-14(20)15(24)8-23/h3-6,14-15,24H,1-2,7-8H2,(H,22,25). The molecular weight excluding hydrogens is 404 g/mol. The highest BCUT2D eigenvalue weighted by molar-refractivity contribution is 7.93. The van der Waals surface area contributed by atoms with Crippen LogP contribution < -0.4 is 5.32 Å². The minimum atomic E-state index is -4.12. The van der Waals surface area contributed by atoms with E-state index in [1.54, 1.807) is 0 Å². The van der Waals surface area contributed by atoms with Crippen LogP contribution in [-0.2, 0) is 14.8 Å². The number of benzene rings is 1. The first-order valence-corrected chi connectivity index (χ1v) is 9.72. The van der Waals surface area contributed by atoms with Crippen LogP contribution in [-0.4, -0.2) is 49.1 Å². The normalized spacial score (nSPS) is 23.3. The molecule has 0 aromatic heterocycles. The Hall–Kier alpha value is -2.24. The molecule has 1 aromatic rings. The lowest BCUT2D eigenvalue weighted by Crippen LogP contribution is -2.31. The molecule has 28 heavy (non-hydrogen) atoms. The molecule has 1 saturated heterocycles. The van der Waals surface area contributed by atoms with Gasteiger partial charge in [0.25, 0.3) is 5.91 Å². The highest BCUT2D eigenvalue weighted by Gasteiger charge is 2.39. The summed E-state index contributed by atoms with van der Waals surface area (Å²) in [6, 6.07) is 1.19. The lowest BCUT2D eigenvalue weighted by atomic mass is 10.0. The van der Waals surface area contributed by atoms with Crippen LogP contribution >= 0.6 is 0 Å². The number of anilines is 1. The van der Waals surface area contributed by atoms with Crippen molar-refractivity contribution in [3.8, 4) is 0 Å². The number of aliphatic hydroxyl groups excluding tert-OH is 1. The van der Waals surface area contributed by atoms with E-state index in [1.165, 1.54) is 6.08 Å². The molecule has 6 nitrogen and oxygen atoms in total. The smallest absolute Gasteiger partial charge is 0.251 e. The van der Waals surface area contributed by atoms with E-state index in [0.717, 1.165) is 10.4 Å². The summed E-state index contributed by atoms with van der Waals surface area (Å²) in [5.41, 5.74) is -0.313. The third kappa shape index (κ3) is 3.96. The molecule has 0 saturated carbocycles. The molecule has 0 radical (unpaired) electrons. The zero-order valence-corrected chi connectivity index (χ0v) is 15.1. The van der Waals surface area contributed by atoms with Crippen LogP contribution in [0.1, 0.15) is 12.8 Å². The van der Waals surface area contributed by atoms with E-state index in [9.17, 15) is 35.9 Å². The number of carbonyl (C=O) groups is 1. The Morgan fingerprint density at radius 1 is 1.18 bits per heavy atom. The average Bonchev–Trinajstić information content (AvgIpc) is 2.99. The Morgan fingerprint density at radius 3 is 2.39 bits per heavy atom. The van der Waals surface area contributed by atoms with Crippen molar-refractivity contribution < 1.29 is 35.9 Å². The molecule has 11 heteroatoms. The molecule has 2 atom stereocenters. The van der Waals surface area contributed by atoms with Crippen LogP contribution in [0, 0.1) is 17.5 Å². The zero-order valence-electron chi connectivity index (χ0n) is 14.3. The van der Waals surface area contributed by atoms with E-state index in [0.29, 0.717) is 12.1 Å². The monoisotopic (exact) mass is 420 g/mol. The van der Waals surface area contributed by atoms with Gasteiger partial charge in [0.15, 0.2) is 17.5 Å². The lowest BCUT2D eigenvalue weighted by Gasteiger charge is -2.19. The second-order valence-corrected chi connectivity index (χ2v) is 8.37. The molecular formula is C17H16F4N2O4S. The fourth-order valence-corrected chi connectivity index (χ4v) is 4.54. The molecule has 1 aliphatic heterocycles. The summed E-state index contributed by atoms with van der Waals surface area (Å²) in [6.07, 6.45) is -0.326. The zero-order chi connectivity index (χ0) is 20.6. The second kappa shape index (κ2) is 7.64. The van der Waals surface area contributed by atoms with Gasteiger partial charge in [-0.3, -0.25) is 4.79 Å². The summed E-state index contributed by atoms with van der Waals surface area (Å²) >= 11 is 0. The number of alkyl halides is 1. The molecule has 2 unspecified atom stereocenters. The minimum Gasteiger partial charge on any atom is -0.389 e. The molecule has 1 aromatic carbocycles. The van der Waals surface area contributed by atoms with Crippen LogP contribution in [0.4, 0.5) is 23.2 Å². The highest BCUT2D eigenvalue weighted by atomic mass is 32.2. The van der Waals surface area contributed by atoms with E-state index < -0.39 is 58.7 Å². The van der Waals surface area contributed by atoms with Crippen molar-refractivity contribution in [2.24, 2.45) is 0 Å². The van der Waals surface area contributed by atoms with Gasteiger partial charge in [-0.15, -0.1) is 0 Å². The molecule has 1 amide bonds. The largest absolute Gasteiger partial charge is 0.389 e. The average molecular weight is 420 g/mol. The van der Waals surface area contributed by atoms with Gasteiger partial charge in [-0.2, -0.15) is 4.31 Å². The van der Waals surface area contributed by atoms with Gasteiger partial charge >= 0.3 is 0 Å². The van der Waals surface area contributed by atoms with E-state index in [2.05, 4.69) is 5.32 Å². The number of amides is 1. The number of β-amino-alcohol motifs (C(OH)–C–C–N with tert-alkyl or cyclic N) is 1. The molecule has 1 aliphatic carbocycles. The number of hydrogen-bond acceptors (Lipinski definition) is 4. The van der Waals surface area contributed by atoms with Crippen molar-refractivity contribution in [3.05, 3.63) is 52.2 Å². The maximum atomic E-state index is 13.5. The lowest BCUT2D eigenvalue weighted by molar-refractivity contribution is -0.113. The fourth-order valence-electron chi connectivity index (χ4n) is 2.93. The van der Waals surface area contributed by atoms with Gasteiger partial charge in [-0.1, -0.05) is 6.08 Å². The topological polar surface area (TPSA) is 86.7 Å². The SMILES string of the molecule is O=C(Nc1cc(F)c(F)c(F)c1)C1=CC(S(=O)(=O)N2CC(O)C(F)C2)=CCC1. The van der Waals surface area contributed by atoms with Crippen molar-refractivity contribution in [3.63, 3.8) is 0 Å². The predicted molar refractivity (Wildman–Crippen MR) is 91.7 cm³/mol. The Morgan fingerprint density at radius 2 is 1.82 bits per heavy atom. The minimum absolute atomic E-state index is 0.0164. The molecule has 2 aliphatic rings. The van der Waals surface area contributed by atoms with E-state index >= 15 is 0 Å². The third-order valence-electron chi connectivity index (χ3n) is 4.43. The van der Waals surface area contributed by atoms with Gasteiger partial charge in [-0.05, 0) is 18.9 Å². The number of aliphatic hydroxyl groups is 1. The maximum absolute atomic E-state index is 13.5. The maximum Gasteiger partial charge on any atom is 0.251 e. The van der Waals surface area contributed by atoms with Crippen LogP contribution in [0.15, 0.2) is 34.8 Å². The predicted octanol–water partition coefficient (Wildman–Crippen LogP) is 1.99. The van der Waals surface area contributed by atoms with E-state index in [4.69, 9.17) is 0 Å². The van der Waals surface area contributed by atoms with Gasteiger partial charge in [0, 0.05) is 36.5 Å². The van der Waals surface area contributed by atoms with E-state index in [1.807, 2.05) is 0 Å². The third-order valence-corrected chi connectivity index (χ3v) is 6.29. The number of carbonyl (C=O) groups excluding carboxylic acids is 1. The van der Waals surface area contributed by atoms with Crippen molar-refractivity contribution >= 4 is 21.6 Å². The molecule has 1 fully saturated rings. The molecule has 0 spiro atoms. The summed E-state index contributed by atoms with van der Waals surface area (Å²) in [5.74, 6) is -5.45. The van der Waals surface area contributed by atoms with Crippen LogP contribution in [0.25, 0.3) is 0 Å². The van der Waals surface area contributed by atoms with Gasteiger partial charge < -0.3 is 10.4 Å².